The van der Waals surface area contributed by atoms with Gasteiger partial charge in [-0.05, 0) is 30.0 Å². The quantitative estimate of drug-likeness (QED) is 0.671. The van der Waals surface area contributed by atoms with Crippen molar-refractivity contribution in [2.75, 3.05) is 7.11 Å². The van der Waals surface area contributed by atoms with Crippen LogP contribution in [0.4, 0.5) is 0 Å². The molecular formula is C16H23NO5. The van der Waals surface area contributed by atoms with Crippen molar-refractivity contribution in [2.24, 2.45) is 5.92 Å². The Morgan fingerprint density at radius 2 is 1.82 bits per heavy atom. The van der Waals surface area contributed by atoms with Crippen LogP contribution in [0.25, 0.3) is 0 Å². The molecule has 0 aromatic heterocycles. The van der Waals surface area contributed by atoms with Crippen LogP contribution in [-0.4, -0.2) is 41.3 Å². The summed E-state index contributed by atoms with van der Waals surface area (Å²) in [6, 6.07) is 5.85. The molecule has 22 heavy (non-hydrogen) atoms. The van der Waals surface area contributed by atoms with Gasteiger partial charge in [0.1, 0.15) is 17.9 Å². The van der Waals surface area contributed by atoms with Crippen LogP contribution in [-0.2, 0) is 16.0 Å². The lowest BCUT2D eigenvalue weighted by Gasteiger charge is -2.18. The number of methoxy groups -OCH3 is 1. The van der Waals surface area contributed by atoms with Crippen molar-refractivity contribution in [3.8, 4) is 5.75 Å². The van der Waals surface area contributed by atoms with Gasteiger partial charge in [-0.3, -0.25) is 4.79 Å². The average Bonchev–Trinajstić information content (AvgIpc) is 2.46. The summed E-state index contributed by atoms with van der Waals surface area (Å²) in [5.41, 5.74) is 0.756. The predicted octanol–water partition coefficient (Wildman–Crippen LogP) is 1.21. The van der Waals surface area contributed by atoms with E-state index in [1.807, 2.05) is 13.8 Å². The van der Waals surface area contributed by atoms with E-state index in [0.717, 1.165) is 5.56 Å². The number of rotatable bonds is 8. The minimum atomic E-state index is -1.20. The Morgan fingerprint density at radius 3 is 2.27 bits per heavy atom. The molecule has 3 N–H and O–H groups in total. The number of carboxylic acids is 1. The van der Waals surface area contributed by atoms with Gasteiger partial charge in [0.25, 0.3) is 0 Å². The van der Waals surface area contributed by atoms with Crippen molar-refractivity contribution < 1.29 is 24.5 Å². The third-order valence-corrected chi connectivity index (χ3v) is 3.21. The molecule has 0 saturated heterocycles. The Bertz CT molecular complexity index is 498. The summed E-state index contributed by atoms with van der Waals surface area (Å²) in [5.74, 6) is -0.979. The van der Waals surface area contributed by atoms with E-state index >= 15 is 0 Å². The monoisotopic (exact) mass is 309 g/mol. The van der Waals surface area contributed by atoms with Crippen LogP contribution in [0.5, 0.6) is 5.75 Å². The van der Waals surface area contributed by atoms with Crippen LogP contribution < -0.4 is 10.1 Å². The maximum Gasteiger partial charge on any atom is 0.326 e. The molecule has 0 aliphatic rings. The SMILES string of the molecule is COc1ccc(C[C@@H](NC(=O)[C@H](O)CC(C)C)C(=O)O)cc1. The van der Waals surface area contributed by atoms with Gasteiger partial charge >= 0.3 is 5.97 Å². The molecule has 0 aliphatic heterocycles. The molecule has 0 aliphatic carbocycles. The van der Waals surface area contributed by atoms with Crippen molar-refractivity contribution in [1.29, 1.82) is 0 Å². The number of ether oxygens (including phenoxy) is 1. The second-order valence-corrected chi connectivity index (χ2v) is 5.60. The van der Waals surface area contributed by atoms with Gasteiger partial charge in [0.15, 0.2) is 0 Å². The van der Waals surface area contributed by atoms with Gasteiger partial charge in [0.2, 0.25) is 5.91 Å². The van der Waals surface area contributed by atoms with E-state index in [0.29, 0.717) is 12.2 Å². The molecule has 1 amide bonds. The van der Waals surface area contributed by atoms with Crippen LogP contribution in [0, 0.1) is 5.92 Å². The first-order valence-electron chi connectivity index (χ1n) is 7.17. The third-order valence-electron chi connectivity index (χ3n) is 3.21. The average molecular weight is 309 g/mol. The summed E-state index contributed by atoms with van der Waals surface area (Å²) >= 11 is 0. The van der Waals surface area contributed by atoms with Crippen LogP contribution >= 0.6 is 0 Å². The minimum Gasteiger partial charge on any atom is -0.497 e. The van der Waals surface area contributed by atoms with Crippen molar-refractivity contribution >= 4 is 11.9 Å². The Kier molecular flexibility index (Phi) is 6.85. The van der Waals surface area contributed by atoms with Gasteiger partial charge in [0, 0.05) is 6.42 Å². The smallest absolute Gasteiger partial charge is 0.326 e. The minimum absolute atomic E-state index is 0.138. The fraction of sp³-hybridized carbons (Fsp3) is 0.500. The van der Waals surface area contributed by atoms with E-state index in [2.05, 4.69) is 5.32 Å². The Morgan fingerprint density at radius 1 is 1.23 bits per heavy atom. The zero-order valence-corrected chi connectivity index (χ0v) is 13.1. The highest BCUT2D eigenvalue weighted by atomic mass is 16.5. The summed E-state index contributed by atoms with van der Waals surface area (Å²) in [6.45, 7) is 3.76. The molecule has 0 saturated carbocycles. The molecular weight excluding hydrogens is 286 g/mol. The molecule has 1 aromatic rings. The maximum atomic E-state index is 11.8. The van der Waals surface area contributed by atoms with E-state index in [4.69, 9.17) is 4.74 Å². The Hall–Kier alpha value is -2.08. The Labute approximate surface area is 130 Å². The Balaban J connectivity index is 2.68. The zero-order chi connectivity index (χ0) is 16.7. The maximum absolute atomic E-state index is 11.8. The van der Waals surface area contributed by atoms with Gasteiger partial charge < -0.3 is 20.3 Å². The summed E-state index contributed by atoms with van der Waals surface area (Å²) in [4.78, 5) is 23.1. The molecule has 1 rings (SSSR count). The number of carbonyl (C=O) groups excluding carboxylic acids is 1. The summed E-state index contributed by atoms with van der Waals surface area (Å²) in [5, 5.41) is 21.3. The first kappa shape index (κ1) is 18.0. The van der Waals surface area contributed by atoms with E-state index in [1.165, 1.54) is 0 Å². The van der Waals surface area contributed by atoms with E-state index in [1.54, 1.807) is 31.4 Å². The molecule has 0 heterocycles. The lowest BCUT2D eigenvalue weighted by atomic mass is 10.0. The largest absolute Gasteiger partial charge is 0.497 e. The number of hydrogen-bond acceptors (Lipinski definition) is 4. The second-order valence-electron chi connectivity index (χ2n) is 5.60. The normalized spacial score (nSPS) is 13.5. The van der Waals surface area contributed by atoms with Crippen molar-refractivity contribution in [2.45, 2.75) is 38.8 Å². The number of aliphatic carboxylic acids is 1. The van der Waals surface area contributed by atoms with Crippen LogP contribution in [0.2, 0.25) is 0 Å². The zero-order valence-electron chi connectivity index (χ0n) is 13.1. The third kappa shape index (κ3) is 5.73. The topological polar surface area (TPSA) is 95.9 Å². The van der Waals surface area contributed by atoms with Gasteiger partial charge in [0.05, 0.1) is 7.11 Å². The number of aliphatic hydroxyl groups excluding tert-OH is 1. The van der Waals surface area contributed by atoms with Gasteiger partial charge in [-0.1, -0.05) is 26.0 Å². The van der Waals surface area contributed by atoms with Gasteiger partial charge in [-0.25, -0.2) is 4.79 Å². The molecule has 2 atom stereocenters. The molecule has 0 radical (unpaired) electrons. The highest BCUT2D eigenvalue weighted by molar-refractivity contribution is 5.86. The number of benzene rings is 1. The van der Waals surface area contributed by atoms with Crippen molar-refractivity contribution in [1.82, 2.24) is 5.32 Å². The standard InChI is InChI=1S/C16H23NO5/c1-10(2)8-14(18)15(19)17-13(16(20)21)9-11-4-6-12(22-3)7-5-11/h4-7,10,13-14,18H,8-9H2,1-3H3,(H,17,19)(H,20,21)/t13-,14-/m1/s1. The fourth-order valence-corrected chi connectivity index (χ4v) is 2.02. The number of aliphatic hydroxyl groups is 1. The molecule has 1 aromatic carbocycles. The van der Waals surface area contributed by atoms with Gasteiger partial charge in [-0.2, -0.15) is 0 Å². The van der Waals surface area contributed by atoms with Crippen molar-refractivity contribution in [3.63, 3.8) is 0 Å². The summed E-state index contributed by atoms with van der Waals surface area (Å²) in [6.07, 6.45) is -0.766. The van der Waals surface area contributed by atoms with E-state index < -0.39 is 24.0 Å². The molecule has 0 unspecified atom stereocenters. The number of amides is 1. The molecule has 6 nitrogen and oxygen atoms in total. The molecule has 0 fully saturated rings. The summed E-state index contributed by atoms with van der Waals surface area (Å²) < 4.78 is 5.04. The van der Waals surface area contributed by atoms with Crippen LogP contribution in [0.15, 0.2) is 24.3 Å². The molecule has 6 heteroatoms. The lowest BCUT2D eigenvalue weighted by Crippen LogP contribution is -2.46. The molecule has 0 spiro atoms. The first-order chi connectivity index (χ1) is 10.3. The predicted molar refractivity (Wildman–Crippen MR) is 81.7 cm³/mol. The molecule has 122 valence electrons. The second kappa shape index (κ2) is 8.38. The number of nitrogens with one attached hydrogen (secondary N) is 1. The van der Waals surface area contributed by atoms with E-state index in [-0.39, 0.29) is 12.3 Å². The van der Waals surface area contributed by atoms with Gasteiger partial charge in [-0.15, -0.1) is 0 Å². The number of carbonyl (C=O) groups is 2. The lowest BCUT2D eigenvalue weighted by molar-refractivity contribution is -0.143. The summed E-state index contributed by atoms with van der Waals surface area (Å²) in [7, 11) is 1.55. The number of hydrogen-bond donors (Lipinski definition) is 3. The van der Waals surface area contributed by atoms with Crippen molar-refractivity contribution in [3.05, 3.63) is 29.8 Å². The van der Waals surface area contributed by atoms with Crippen LogP contribution in [0.1, 0.15) is 25.8 Å². The highest BCUT2D eigenvalue weighted by Gasteiger charge is 2.24. The van der Waals surface area contributed by atoms with E-state index in [9.17, 15) is 19.8 Å². The molecule has 0 bridgehead atoms. The fourth-order valence-electron chi connectivity index (χ4n) is 2.02. The first-order valence-corrected chi connectivity index (χ1v) is 7.17. The highest BCUT2D eigenvalue weighted by Crippen LogP contribution is 2.13. The van der Waals surface area contributed by atoms with Crippen LogP contribution in [0.3, 0.4) is 0 Å². The number of carboxylic acid groups (broad SMARTS) is 1.